The van der Waals surface area contributed by atoms with E-state index in [1.165, 1.54) is 6.29 Å². The fourth-order valence-electron chi connectivity index (χ4n) is 0.683. The molecular formula is C8H15N2O3. The van der Waals surface area contributed by atoms with E-state index in [1.54, 1.807) is 13.8 Å². The summed E-state index contributed by atoms with van der Waals surface area (Å²) in [6, 6.07) is -1.64. The van der Waals surface area contributed by atoms with E-state index in [4.69, 9.17) is 10.8 Å². The van der Waals surface area contributed by atoms with Crippen molar-refractivity contribution >= 4 is 12.2 Å². The fraction of sp³-hybridized carbons (Fsp3) is 0.750. The molecule has 0 aliphatic rings. The van der Waals surface area contributed by atoms with E-state index in [0.29, 0.717) is 0 Å². The van der Waals surface area contributed by atoms with Crippen LogP contribution in [-0.4, -0.2) is 36.0 Å². The van der Waals surface area contributed by atoms with Gasteiger partial charge in [0.05, 0.1) is 12.6 Å². The summed E-state index contributed by atoms with van der Waals surface area (Å²) in [6.07, 6.45) is 1.49. The van der Waals surface area contributed by atoms with Crippen molar-refractivity contribution < 1.29 is 14.7 Å². The van der Waals surface area contributed by atoms with Gasteiger partial charge in [-0.05, 0) is 5.92 Å². The van der Waals surface area contributed by atoms with Crippen LogP contribution in [0.25, 0.3) is 0 Å². The molecule has 5 nitrogen and oxygen atoms in total. The maximum atomic E-state index is 11.2. The molecule has 0 aromatic heterocycles. The van der Waals surface area contributed by atoms with Crippen molar-refractivity contribution in [1.29, 1.82) is 0 Å². The fourth-order valence-corrected chi connectivity index (χ4v) is 0.683. The topological polar surface area (TPSA) is 92.4 Å². The largest absolute Gasteiger partial charge is 0.394 e. The maximum Gasteiger partial charge on any atom is 0.237 e. The van der Waals surface area contributed by atoms with Crippen LogP contribution in [0.3, 0.4) is 0 Å². The Balaban J connectivity index is 4.05. The molecule has 0 fully saturated rings. The van der Waals surface area contributed by atoms with Crippen molar-refractivity contribution in [3.8, 4) is 0 Å². The van der Waals surface area contributed by atoms with Crippen LogP contribution in [0.4, 0.5) is 0 Å². The quantitative estimate of drug-likeness (QED) is 0.491. The van der Waals surface area contributed by atoms with Crippen LogP contribution in [0, 0.1) is 5.92 Å². The minimum Gasteiger partial charge on any atom is -0.394 e. The maximum absolute atomic E-state index is 11.2. The smallest absolute Gasteiger partial charge is 0.237 e. The summed E-state index contributed by atoms with van der Waals surface area (Å²) in [5, 5.41) is 10.8. The summed E-state index contributed by atoms with van der Waals surface area (Å²) in [4.78, 5) is 21.3. The zero-order chi connectivity index (χ0) is 10.4. The summed E-state index contributed by atoms with van der Waals surface area (Å²) in [5.41, 5.74) is 5.49. The molecule has 0 bridgehead atoms. The lowest BCUT2D eigenvalue weighted by atomic mass is 10.0. The van der Waals surface area contributed by atoms with E-state index >= 15 is 0 Å². The first-order valence-corrected chi connectivity index (χ1v) is 4.07. The molecule has 0 aromatic carbocycles. The second kappa shape index (κ2) is 5.66. The van der Waals surface area contributed by atoms with Crippen molar-refractivity contribution in [1.82, 2.24) is 5.32 Å². The first-order valence-electron chi connectivity index (χ1n) is 4.07. The van der Waals surface area contributed by atoms with Crippen molar-refractivity contribution in [2.75, 3.05) is 6.61 Å². The molecule has 0 aliphatic heterocycles. The van der Waals surface area contributed by atoms with E-state index in [1.807, 2.05) is 0 Å². The molecule has 5 heteroatoms. The highest BCUT2D eigenvalue weighted by atomic mass is 16.3. The number of nitrogens with one attached hydrogen (secondary N) is 1. The van der Waals surface area contributed by atoms with E-state index in [9.17, 15) is 9.59 Å². The number of aliphatic hydroxyl groups excluding tert-OH is 1. The Morgan fingerprint density at radius 1 is 1.62 bits per heavy atom. The van der Waals surface area contributed by atoms with Crippen LogP contribution < -0.4 is 11.1 Å². The van der Waals surface area contributed by atoms with Crippen molar-refractivity contribution in [3.05, 3.63) is 0 Å². The lowest BCUT2D eigenvalue weighted by Crippen LogP contribution is -2.49. The van der Waals surface area contributed by atoms with Crippen molar-refractivity contribution in [3.63, 3.8) is 0 Å². The summed E-state index contributed by atoms with van der Waals surface area (Å²) in [7, 11) is 0. The molecule has 0 rings (SSSR count). The number of rotatable bonds is 5. The predicted octanol–water partition coefficient (Wildman–Crippen LogP) is -1.44. The number of hydrogen-bond acceptors (Lipinski definition) is 4. The third-order valence-electron chi connectivity index (χ3n) is 1.66. The number of nitrogens with two attached hydrogens (primary N) is 1. The summed E-state index contributed by atoms with van der Waals surface area (Å²) < 4.78 is 0. The van der Waals surface area contributed by atoms with Crippen LogP contribution in [-0.2, 0) is 9.59 Å². The highest BCUT2D eigenvalue weighted by Crippen LogP contribution is 1.97. The highest BCUT2D eigenvalue weighted by molar-refractivity contribution is 5.84. The molecule has 0 heterocycles. The van der Waals surface area contributed by atoms with Crippen molar-refractivity contribution in [2.45, 2.75) is 25.9 Å². The third-order valence-corrected chi connectivity index (χ3v) is 1.66. The van der Waals surface area contributed by atoms with E-state index in [2.05, 4.69) is 5.32 Å². The standard InChI is InChI=1S/C8H15N2O3/c1-5(2)7(9)8(13)10-6(3-11)4-12/h5-7,11H,3,9H2,1-2H3,(H,10,13)/t6-,7-/m0/s1. The van der Waals surface area contributed by atoms with Gasteiger partial charge < -0.3 is 16.2 Å². The number of aliphatic hydroxyl groups is 1. The number of amides is 1. The second-order valence-electron chi connectivity index (χ2n) is 3.13. The Bertz CT molecular complexity index is 182. The number of carbonyl (C=O) groups is 1. The van der Waals surface area contributed by atoms with Gasteiger partial charge in [-0.15, -0.1) is 0 Å². The van der Waals surface area contributed by atoms with Crippen LogP contribution in [0.15, 0.2) is 0 Å². The molecule has 4 N–H and O–H groups in total. The van der Waals surface area contributed by atoms with Gasteiger partial charge in [-0.2, -0.15) is 0 Å². The first kappa shape index (κ1) is 12.1. The first-order chi connectivity index (χ1) is 6.02. The molecule has 75 valence electrons. The summed E-state index contributed by atoms with van der Waals surface area (Å²) in [5.74, 6) is -0.455. The molecule has 2 atom stereocenters. The molecular weight excluding hydrogens is 172 g/mol. The minimum absolute atomic E-state index is 0.00834. The molecule has 1 amide bonds. The Labute approximate surface area is 77.3 Å². The Morgan fingerprint density at radius 2 is 2.15 bits per heavy atom. The minimum atomic E-state index is -0.975. The van der Waals surface area contributed by atoms with Gasteiger partial charge in [0.25, 0.3) is 0 Å². The average Bonchev–Trinajstić information content (AvgIpc) is 2.12. The zero-order valence-corrected chi connectivity index (χ0v) is 7.78. The normalized spacial score (nSPS) is 15.2. The van der Waals surface area contributed by atoms with E-state index < -0.39 is 24.6 Å². The van der Waals surface area contributed by atoms with Crippen LogP contribution >= 0.6 is 0 Å². The molecule has 0 unspecified atom stereocenters. The number of carbonyl (C=O) groups excluding carboxylic acids is 2. The van der Waals surface area contributed by atoms with Crippen LogP contribution in [0.5, 0.6) is 0 Å². The molecule has 0 saturated heterocycles. The average molecular weight is 187 g/mol. The number of hydrogen-bond donors (Lipinski definition) is 3. The van der Waals surface area contributed by atoms with Crippen molar-refractivity contribution in [2.24, 2.45) is 11.7 Å². The Morgan fingerprint density at radius 3 is 2.46 bits per heavy atom. The van der Waals surface area contributed by atoms with Gasteiger partial charge in [-0.25, -0.2) is 0 Å². The van der Waals surface area contributed by atoms with Gasteiger partial charge >= 0.3 is 0 Å². The molecule has 0 saturated carbocycles. The lowest BCUT2D eigenvalue weighted by molar-refractivity contribution is -0.123. The third kappa shape index (κ3) is 4.00. The van der Waals surface area contributed by atoms with Gasteiger partial charge in [-0.3, -0.25) is 9.59 Å². The summed E-state index contributed by atoms with van der Waals surface area (Å²) >= 11 is 0. The Kier molecular flexibility index (Phi) is 5.25. The lowest BCUT2D eigenvalue weighted by Gasteiger charge is -2.17. The van der Waals surface area contributed by atoms with Crippen LogP contribution in [0.2, 0.25) is 0 Å². The summed E-state index contributed by atoms with van der Waals surface area (Å²) in [6.45, 7) is 3.13. The molecule has 0 aromatic rings. The van der Waals surface area contributed by atoms with Gasteiger partial charge in [-0.1, -0.05) is 13.8 Å². The monoisotopic (exact) mass is 187 g/mol. The molecule has 13 heavy (non-hydrogen) atoms. The van der Waals surface area contributed by atoms with Gasteiger partial charge in [0, 0.05) is 0 Å². The van der Waals surface area contributed by atoms with Gasteiger partial charge in [0.15, 0.2) is 0 Å². The zero-order valence-electron chi connectivity index (χ0n) is 7.78. The van der Waals surface area contributed by atoms with E-state index in [-0.39, 0.29) is 5.92 Å². The van der Waals surface area contributed by atoms with Crippen LogP contribution in [0.1, 0.15) is 13.8 Å². The Hall–Kier alpha value is -0.940. The second-order valence-corrected chi connectivity index (χ2v) is 3.13. The molecule has 1 radical (unpaired) electrons. The van der Waals surface area contributed by atoms with Gasteiger partial charge in [0.2, 0.25) is 12.2 Å². The highest BCUT2D eigenvalue weighted by Gasteiger charge is 2.19. The molecule has 0 spiro atoms. The SMILES string of the molecule is CC(C)[C@H](N)C(=O)N[C@H]([C]=O)CO. The van der Waals surface area contributed by atoms with E-state index in [0.717, 1.165) is 0 Å². The molecule has 0 aliphatic carbocycles. The van der Waals surface area contributed by atoms with Gasteiger partial charge in [0.1, 0.15) is 6.04 Å². The predicted molar refractivity (Wildman–Crippen MR) is 47.5 cm³/mol.